The third-order valence-electron chi connectivity index (χ3n) is 2.06. The van der Waals surface area contributed by atoms with E-state index in [2.05, 4.69) is 10.6 Å². The Labute approximate surface area is 88.7 Å². The molecule has 2 N–H and O–H groups in total. The summed E-state index contributed by atoms with van der Waals surface area (Å²) in [5.74, 6) is -1.03. The van der Waals surface area contributed by atoms with Crippen molar-refractivity contribution in [3.8, 4) is 0 Å². The van der Waals surface area contributed by atoms with Gasteiger partial charge >= 0.3 is 0 Å². The van der Waals surface area contributed by atoms with Gasteiger partial charge in [0, 0.05) is 31.3 Å². The summed E-state index contributed by atoms with van der Waals surface area (Å²) in [6.07, 6.45) is 0. The van der Waals surface area contributed by atoms with E-state index in [1.54, 1.807) is 0 Å². The minimum absolute atomic E-state index is 0.428. The first kappa shape index (κ1) is 12.1. The normalized spacial score (nSPS) is 10.6. The third-order valence-corrected chi connectivity index (χ3v) is 2.06. The van der Waals surface area contributed by atoms with Gasteiger partial charge in [0.25, 0.3) is 0 Å². The molecule has 0 amide bonds. The first-order valence-corrected chi connectivity index (χ1v) is 5.09. The van der Waals surface area contributed by atoms with E-state index in [0.29, 0.717) is 12.1 Å². The highest BCUT2D eigenvalue weighted by molar-refractivity contribution is 5.18. The molecule has 0 radical (unpaired) electrons. The molecular weight excluding hydrogens is 198 g/mol. The van der Waals surface area contributed by atoms with Gasteiger partial charge in [-0.2, -0.15) is 0 Å². The SMILES string of the molecule is CCNCCNCc1ccc(F)cc1F. The number of benzene rings is 1. The summed E-state index contributed by atoms with van der Waals surface area (Å²) < 4.78 is 25.7. The summed E-state index contributed by atoms with van der Waals surface area (Å²) in [4.78, 5) is 0. The lowest BCUT2D eigenvalue weighted by molar-refractivity contribution is 0.556. The van der Waals surface area contributed by atoms with Crippen molar-refractivity contribution < 1.29 is 8.78 Å². The molecule has 0 atom stereocenters. The first-order chi connectivity index (χ1) is 7.24. The van der Waals surface area contributed by atoms with E-state index < -0.39 is 11.6 Å². The molecule has 0 fully saturated rings. The molecule has 0 aromatic heterocycles. The number of rotatable bonds is 6. The van der Waals surface area contributed by atoms with Crippen molar-refractivity contribution in [2.24, 2.45) is 0 Å². The summed E-state index contributed by atoms with van der Waals surface area (Å²) in [7, 11) is 0. The average molecular weight is 214 g/mol. The van der Waals surface area contributed by atoms with Crippen LogP contribution in [0.15, 0.2) is 18.2 Å². The number of hydrogen-bond acceptors (Lipinski definition) is 2. The van der Waals surface area contributed by atoms with Crippen molar-refractivity contribution in [3.63, 3.8) is 0 Å². The topological polar surface area (TPSA) is 24.1 Å². The Morgan fingerprint density at radius 2 is 1.87 bits per heavy atom. The van der Waals surface area contributed by atoms with Gasteiger partial charge in [0.2, 0.25) is 0 Å². The summed E-state index contributed by atoms with van der Waals surface area (Å²) in [5.41, 5.74) is 0.493. The zero-order valence-electron chi connectivity index (χ0n) is 8.82. The lowest BCUT2D eigenvalue weighted by atomic mass is 10.2. The molecule has 1 rings (SSSR count). The predicted molar refractivity (Wildman–Crippen MR) is 56.6 cm³/mol. The fraction of sp³-hybridized carbons (Fsp3) is 0.455. The van der Waals surface area contributed by atoms with Crippen LogP contribution in [-0.4, -0.2) is 19.6 Å². The molecule has 0 heterocycles. The van der Waals surface area contributed by atoms with Gasteiger partial charge in [-0.1, -0.05) is 13.0 Å². The lowest BCUT2D eigenvalue weighted by Crippen LogP contribution is -2.27. The second-order valence-electron chi connectivity index (χ2n) is 3.27. The Balaban J connectivity index is 2.31. The van der Waals surface area contributed by atoms with E-state index in [1.165, 1.54) is 12.1 Å². The Hall–Kier alpha value is -1.00. The van der Waals surface area contributed by atoms with Crippen molar-refractivity contribution in [2.45, 2.75) is 13.5 Å². The Morgan fingerprint density at radius 1 is 1.13 bits per heavy atom. The maximum atomic E-state index is 13.1. The van der Waals surface area contributed by atoms with E-state index in [-0.39, 0.29) is 0 Å². The number of likely N-dealkylation sites (N-methyl/N-ethyl adjacent to an activating group) is 1. The van der Waals surface area contributed by atoms with Gasteiger partial charge in [0.15, 0.2) is 0 Å². The van der Waals surface area contributed by atoms with Crippen molar-refractivity contribution in [1.82, 2.24) is 10.6 Å². The average Bonchev–Trinajstić information content (AvgIpc) is 2.20. The molecule has 0 unspecified atom stereocenters. The number of halogens is 2. The summed E-state index contributed by atoms with van der Waals surface area (Å²) in [6.45, 7) is 4.99. The predicted octanol–water partition coefficient (Wildman–Crippen LogP) is 1.66. The molecule has 15 heavy (non-hydrogen) atoms. The van der Waals surface area contributed by atoms with Gasteiger partial charge in [-0.15, -0.1) is 0 Å². The van der Waals surface area contributed by atoms with Crippen LogP contribution in [0.25, 0.3) is 0 Å². The van der Waals surface area contributed by atoms with Crippen LogP contribution in [0.1, 0.15) is 12.5 Å². The molecular formula is C11H16F2N2. The van der Waals surface area contributed by atoms with Gasteiger partial charge in [-0.25, -0.2) is 8.78 Å². The van der Waals surface area contributed by atoms with Crippen molar-refractivity contribution >= 4 is 0 Å². The van der Waals surface area contributed by atoms with Crippen LogP contribution in [0.2, 0.25) is 0 Å². The van der Waals surface area contributed by atoms with Crippen molar-refractivity contribution in [2.75, 3.05) is 19.6 Å². The maximum Gasteiger partial charge on any atom is 0.130 e. The van der Waals surface area contributed by atoms with E-state index in [1.807, 2.05) is 6.92 Å². The second-order valence-corrected chi connectivity index (χ2v) is 3.27. The molecule has 0 saturated heterocycles. The van der Waals surface area contributed by atoms with E-state index >= 15 is 0 Å². The number of nitrogens with one attached hydrogen (secondary N) is 2. The van der Waals surface area contributed by atoms with Gasteiger partial charge in [0.1, 0.15) is 11.6 Å². The summed E-state index contributed by atoms with van der Waals surface area (Å²) in [5, 5.41) is 6.21. The maximum absolute atomic E-state index is 13.1. The first-order valence-electron chi connectivity index (χ1n) is 5.09. The molecule has 1 aromatic rings. The molecule has 0 aliphatic rings. The fourth-order valence-electron chi connectivity index (χ4n) is 1.24. The van der Waals surface area contributed by atoms with Crippen molar-refractivity contribution in [1.29, 1.82) is 0 Å². The minimum atomic E-state index is -0.538. The van der Waals surface area contributed by atoms with Gasteiger partial charge in [-0.05, 0) is 12.6 Å². The van der Waals surface area contributed by atoms with Crippen LogP contribution in [0.3, 0.4) is 0 Å². The molecule has 0 spiro atoms. The zero-order chi connectivity index (χ0) is 11.1. The van der Waals surface area contributed by atoms with Gasteiger partial charge in [0.05, 0.1) is 0 Å². The molecule has 84 valence electrons. The highest BCUT2D eigenvalue weighted by Gasteiger charge is 2.02. The summed E-state index contributed by atoms with van der Waals surface area (Å²) >= 11 is 0. The molecule has 1 aromatic carbocycles. The lowest BCUT2D eigenvalue weighted by Gasteiger charge is -2.06. The molecule has 0 saturated carbocycles. The van der Waals surface area contributed by atoms with Crippen LogP contribution >= 0.6 is 0 Å². The molecule has 0 aliphatic carbocycles. The van der Waals surface area contributed by atoms with Crippen LogP contribution < -0.4 is 10.6 Å². The van der Waals surface area contributed by atoms with Gasteiger partial charge in [-0.3, -0.25) is 0 Å². The zero-order valence-corrected chi connectivity index (χ0v) is 8.82. The Morgan fingerprint density at radius 3 is 2.53 bits per heavy atom. The highest BCUT2D eigenvalue weighted by Crippen LogP contribution is 2.08. The molecule has 4 heteroatoms. The van der Waals surface area contributed by atoms with Crippen molar-refractivity contribution in [3.05, 3.63) is 35.4 Å². The number of hydrogen-bond donors (Lipinski definition) is 2. The molecule has 2 nitrogen and oxygen atoms in total. The van der Waals surface area contributed by atoms with E-state index in [0.717, 1.165) is 25.7 Å². The van der Waals surface area contributed by atoms with E-state index in [9.17, 15) is 8.78 Å². The van der Waals surface area contributed by atoms with Crippen LogP contribution in [0.4, 0.5) is 8.78 Å². The molecule has 0 aliphatic heterocycles. The Bertz CT molecular complexity index is 303. The fourth-order valence-corrected chi connectivity index (χ4v) is 1.24. The standard InChI is InChI=1S/C11H16F2N2/c1-2-14-5-6-15-8-9-3-4-10(12)7-11(9)13/h3-4,7,14-15H,2,5-6,8H2,1H3. The summed E-state index contributed by atoms with van der Waals surface area (Å²) in [6, 6.07) is 3.64. The highest BCUT2D eigenvalue weighted by atomic mass is 19.1. The third kappa shape index (κ3) is 4.36. The largest absolute Gasteiger partial charge is 0.316 e. The Kier molecular flexibility index (Phi) is 5.21. The monoisotopic (exact) mass is 214 g/mol. The van der Waals surface area contributed by atoms with Crippen LogP contribution in [0, 0.1) is 11.6 Å². The smallest absolute Gasteiger partial charge is 0.130 e. The van der Waals surface area contributed by atoms with Crippen LogP contribution in [-0.2, 0) is 6.54 Å². The van der Waals surface area contributed by atoms with E-state index in [4.69, 9.17) is 0 Å². The quantitative estimate of drug-likeness (QED) is 0.704. The van der Waals surface area contributed by atoms with Crippen LogP contribution in [0.5, 0.6) is 0 Å². The minimum Gasteiger partial charge on any atom is -0.316 e. The second kappa shape index (κ2) is 6.48. The van der Waals surface area contributed by atoms with Gasteiger partial charge < -0.3 is 10.6 Å². The molecule has 0 bridgehead atoms.